The Morgan fingerprint density at radius 1 is 0.862 bits per heavy atom. The van der Waals surface area contributed by atoms with E-state index in [1.165, 1.54) is 24.3 Å². The maximum atomic E-state index is 13.0. The lowest BCUT2D eigenvalue weighted by atomic mass is 10.0. The van der Waals surface area contributed by atoms with E-state index in [0.29, 0.717) is 16.8 Å². The highest BCUT2D eigenvalue weighted by molar-refractivity contribution is 6.14. The molecule has 1 heterocycles. The molecule has 4 nitrogen and oxygen atoms in total. The molecule has 0 saturated carbocycles. The molecule has 0 atom stereocenters. The van der Waals surface area contributed by atoms with Gasteiger partial charge < -0.3 is 9.72 Å². The fourth-order valence-corrected chi connectivity index (χ4v) is 3.29. The number of carbonyl (C=O) groups is 2. The van der Waals surface area contributed by atoms with Crippen LogP contribution in [0.5, 0.6) is 0 Å². The second-order valence-electron chi connectivity index (χ2n) is 6.67. The molecule has 1 aromatic heterocycles. The molecular weight excluding hydrogens is 369 g/mol. The minimum Gasteiger partial charge on any atom is -0.457 e. The van der Waals surface area contributed by atoms with Crippen LogP contribution in [-0.4, -0.2) is 23.3 Å². The van der Waals surface area contributed by atoms with Crippen LogP contribution in [0.4, 0.5) is 4.39 Å². The molecule has 0 saturated heterocycles. The Bertz CT molecular complexity index is 1160. The van der Waals surface area contributed by atoms with Crippen molar-refractivity contribution in [3.8, 4) is 11.3 Å². The van der Waals surface area contributed by atoms with Crippen LogP contribution in [0, 0.1) is 5.82 Å². The van der Waals surface area contributed by atoms with E-state index in [9.17, 15) is 14.0 Å². The highest BCUT2D eigenvalue weighted by Crippen LogP contribution is 2.30. The average molecular weight is 387 g/mol. The zero-order valence-electron chi connectivity index (χ0n) is 15.5. The summed E-state index contributed by atoms with van der Waals surface area (Å²) in [6.45, 7) is -0.359. The molecule has 5 heteroatoms. The molecule has 29 heavy (non-hydrogen) atoms. The lowest BCUT2D eigenvalue weighted by Gasteiger charge is -2.07. The van der Waals surface area contributed by atoms with Crippen molar-refractivity contribution in [3.05, 3.63) is 95.8 Å². The Morgan fingerprint density at radius 3 is 2.31 bits per heavy atom. The first-order valence-corrected chi connectivity index (χ1v) is 9.21. The van der Waals surface area contributed by atoms with Crippen molar-refractivity contribution in [3.63, 3.8) is 0 Å². The summed E-state index contributed by atoms with van der Waals surface area (Å²) in [5.74, 6) is -1.19. The average Bonchev–Trinajstić information content (AvgIpc) is 3.14. The molecule has 0 radical (unpaired) electrons. The molecule has 3 aromatic carbocycles. The topological polar surface area (TPSA) is 59.2 Å². The van der Waals surface area contributed by atoms with Gasteiger partial charge in [0, 0.05) is 10.9 Å². The number of ketones is 1. The van der Waals surface area contributed by atoms with Gasteiger partial charge in [-0.2, -0.15) is 0 Å². The number of hydrogen-bond acceptors (Lipinski definition) is 3. The largest absolute Gasteiger partial charge is 0.457 e. The molecule has 4 rings (SSSR count). The van der Waals surface area contributed by atoms with Crippen LogP contribution in [0.3, 0.4) is 0 Å². The normalized spacial score (nSPS) is 10.8. The van der Waals surface area contributed by atoms with E-state index in [1.54, 1.807) is 0 Å². The zero-order valence-corrected chi connectivity index (χ0v) is 15.5. The van der Waals surface area contributed by atoms with E-state index in [4.69, 9.17) is 4.74 Å². The molecule has 0 aliphatic rings. The van der Waals surface area contributed by atoms with Gasteiger partial charge in [-0.1, -0.05) is 60.7 Å². The van der Waals surface area contributed by atoms with Gasteiger partial charge in [-0.15, -0.1) is 0 Å². The number of hydrogen-bond donors (Lipinski definition) is 1. The van der Waals surface area contributed by atoms with Crippen molar-refractivity contribution in [1.82, 2.24) is 4.98 Å². The molecule has 0 aliphatic heterocycles. The molecule has 0 spiro atoms. The van der Waals surface area contributed by atoms with Crippen LogP contribution in [0.2, 0.25) is 0 Å². The zero-order chi connectivity index (χ0) is 20.2. The molecule has 4 aromatic rings. The van der Waals surface area contributed by atoms with Gasteiger partial charge in [0.15, 0.2) is 6.61 Å². The number of esters is 1. The molecule has 0 bridgehead atoms. The molecule has 0 amide bonds. The van der Waals surface area contributed by atoms with Crippen molar-refractivity contribution in [2.75, 3.05) is 6.61 Å². The van der Waals surface area contributed by atoms with Gasteiger partial charge in [0.1, 0.15) is 5.82 Å². The molecule has 0 fully saturated rings. The molecule has 144 valence electrons. The Kier molecular flexibility index (Phi) is 5.20. The SMILES string of the molecule is O=C(Cc1ccc(F)cc1)OCC(=O)c1c(-c2ccccc2)[nH]c2ccccc12. The lowest BCUT2D eigenvalue weighted by Crippen LogP contribution is -2.16. The lowest BCUT2D eigenvalue weighted by molar-refractivity contribution is -0.141. The summed E-state index contributed by atoms with van der Waals surface area (Å²) in [4.78, 5) is 28.4. The quantitative estimate of drug-likeness (QED) is 0.376. The molecule has 0 unspecified atom stereocenters. The molecular formula is C24H18FNO3. The number of benzene rings is 3. The van der Waals surface area contributed by atoms with Crippen LogP contribution in [-0.2, 0) is 16.0 Å². The summed E-state index contributed by atoms with van der Waals surface area (Å²) >= 11 is 0. The van der Waals surface area contributed by atoms with Gasteiger partial charge in [0.25, 0.3) is 0 Å². The van der Waals surface area contributed by atoms with Crippen LogP contribution >= 0.6 is 0 Å². The van der Waals surface area contributed by atoms with E-state index in [1.807, 2.05) is 54.6 Å². The predicted octanol–water partition coefficient (Wildman–Crippen LogP) is 4.94. The summed E-state index contributed by atoms with van der Waals surface area (Å²) in [7, 11) is 0. The maximum absolute atomic E-state index is 13.0. The minimum absolute atomic E-state index is 0.0208. The fourth-order valence-electron chi connectivity index (χ4n) is 3.29. The van der Waals surface area contributed by atoms with Crippen molar-refractivity contribution < 1.29 is 18.7 Å². The number of nitrogens with one attached hydrogen (secondary N) is 1. The van der Waals surface area contributed by atoms with E-state index in [2.05, 4.69) is 4.98 Å². The number of Topliss-reactive ketones (excluding diaryl/α,β-unsaturated/α-hetero) is 1. The van der Waals surface area contributed by atoms with Crippen molar-refractivity contribution in [1.29, 1.82) is 0 Å². The van der Waals surface area contributed by atoms with Gasteiger partial charge in [-0.3, -0.25) is 9.59 Å². The van der Waals surface area contributed by atoms with Crippen LogP contribution in [0.1, 0.15) is 15.9 Å². The number of carbonyl (C=O) groups excluding carboxylic acids is 2. The third-order valence-electron chi connectivity index (χ3n) is 4.67. The summed E-state index contributed by atoms with van der Waals surface area (Å²) in [5.41, 5.74) is 3.55. The number of aromatic amines is 1. The Labute approximate surface area is 166 Å². The number of fused-ring (bicyclic) bond motifs is 1. The third-order valence-corrected chi connectivity index (χ3v) is 4.67. The predicted molar refractivity (Wildman–Crippen MR) is 109 cm³/mol. The van der Waals surface area contributed by atoms with E-state index < -0.39 is 5.97 Å². The van der Waals surface area contributed by atoms with Crippen LogP contribution in [0.15, 0.2) is 78.9 Å². The fraction of sp³-hybridized carbons (Fsp3) is 0.0833. The van der Waals surface area contributed by atoms with Crippen molar-refractivity contribution in [2.24, 2.45) is 0 Å². The first-order chi connectivity index (χ1) is 14.1. The van der Waals surface area contributed by atoms with Gasteiger partial charge >= 0.3 is 5.97 Å². The highest BCUT2D eigenvalue weighted by atomic mass is 19.1. The summed E-state index contributed by atoms with van der Waals surface area (Å²) in [6, 6.07) is 22.7. The minimum atomic E-state index is -0.536. The van der Waals surface area contributed by atoms with Gasteiger partial charge in [-0.05, 0) is 29.3 Å². The third kappa shape index (κ3) is 4.09. The van der Waals surface area contributed by atoms with E-state index >= 15 is 0 Å². The number of rotatable bonds is 6. The van der Waals surface area contributed by atoms with E-state index in [-0.39, 0.29) is 24.6 Å². The van der Waals surface area contributed by atoms with Crippen LogP contribution < -0.4 is 0 Å². The van der Waals surface area contributed by atoms with Gasteiger partial charge in [-0.25, -0.2) is 4.39 Å². The number of ether oxygens (including phenoxy) is 1. The van der Waals surface area contributed by atoms with Crippen molar-refractivity contribution in [2.45, 2.75) is 6.42 Å². The molecule has 1 N–H and O–H groups in total. The van der Waals surface area contributed by atoms with Crippen LogP contribution in [0.25, 0.3) is 22.2 Å². The van der Waals surface area contributed by atoms with Gasteiger partial charge in [0.05, 0.1) is 17.7 Å². The summed E-state index contributed by atoms with van der Waals surface area (Å²) in [5, 5.41) is 0.783. The second-order valence-corrected chi connectivity index (χ2v) is 6.67. The monoisotopic (exact) mass is 387 g/mol. The number of para-hydroxylation sites is 1. The maximum Gasteiger partial charge on any atom is 0.310 e. The van der Waals surface area contributed by atoms with Crippen molar-refractivity contribution >= 4 is 22.7 Å². The Balaban J connectivity index is 1.55. The Hall–Kier alpha value is -3.73. The first kappa shape index (κ1) is 18.6. The first-order valence-electron chi connectivity index (χ1n) is 9.21. The van der Waals surface area contributed by atoms with Gasteiger partial charge in [0.2, 0.25) is 5.78 Å². The summed E-state index contributed by atoms with van der Waals surface area (Å²) < 4.78 is 18.2. The highest BCUT2D eigenvalue weighted by Gasteiger charge is 2.20. The smallest absolute Gasteiger partial charge is 0.310 e. The Morgan fingerprint density at radius 2 is 1.55 bits per heavy atom. The molecule has 0 aliphatic carbocycles. The summed E-state index contributed by atoms with van der Waals surface area (Å²) in [6.07, 6.45) is -0.0208. The standard InChI is InChI=1S/C24H18FNO3/c25-18-12-10-16(11-13-18)14-22(28)29-15-21(27)23-19-8-4-5-9-20(19)26-24(23)17-6-2-1-3-7-17/h1-13,26H,14-15H2. The second kappa shape index (κ2) is 8.10. The number of H-pyrrole nitrogens is 1. The van der Waals surface area contributed by atoms with E-state index in [0.717, 1.165) is 16.5 Å². The number of aromatic nitrogens is 1. The number of halogens is 1.